The summed E-state index contributed by atoms with van der Waals surface area (Å²) < 4.78 is 27.1. The van der Waals surface area contributed by atoms with Crippen LogP contribution in [0.25, 0.3) is 10.9 Å². The van der Waals surface area contributed by atoms with Crippen LogP contribution in [-0.2, 0) is 23.0 Å². The first-order chi connectivity index (χ1) is 13.0. The number of anilines is 1. The maximum absolute atomic E-state index is 12.3. The molecule has 6 nitrogen and oxygen atoms in total. The summed E-state index contributed by atoms with van der Waals surface area (Å²) in [6, 6.07) is 11.7. The van der Waals surface area contributed by atoms with Crippen LogP contribution in [0, 0.1) is 0 Å². The molecule has 2 aromatic carbocycles. The van der Waals surface area contributed by atoms with E-state index in [0.29, 0.717) is 24.4 Å². The monoisotopic (exact) mass is 400 g/mol. The van der Waals surface area contributed by atoms with Crippen LogP contribution in [0.2, 0.25) is 0 Å². The highest BCUT2D eigenvalue weighted by Crippen LogP contribution is 2.32. The molecule has 0 saturated carbocycles. The molecule has 0 bridgehead atoms. The van der Waals surface area contributed by atoms with Gasteiger partial charge in [-0.25, -0.2) is 23.1 Å². The lowest BCUT2D eigenvalue weighted by Crippen LogP contribution is -2.33. The average molecular weight is 401 g/mol. The molecule has 1 aromatic heterocycles. The van der Waals surface area contributed by atoms with E-state index < -0.39 is 10.0 Å². The number of benzene rings is 2. The summed E-state index contributed by atoms with van der Waals surface area (Å²) in [5.74, 6) is 0.892. The minimum absolute atomic E-state index is 0.374. The molecule has 0 atom stereocenters. The van der Waals surface area contributed by atoms with Crippen LogP contribution in [-0.4, -0.2) is 38.2 Å². The normalized spacial score (nSPS) is 14.4. The Balaban J connectivity index is 1.76. The van der Waals surface area contributed by atoms with Crippen LogP contribution in [0.4, 0.5) is 5.82 Å². The predicted octanol–water partition coefficient (Wildman–Crippen LogP) is 2.82. The Hall–Kier alpha value is -2.16. The highest BCUT2D eigenvalue weighted by molar-refractivity contribution is 7.98. The van der Waals surface area contributed by atoms with E-state index in [-0.39, 0.29) is 0 Å². The molecule has 140 valence electrons. The van der Waals surface area contributed by atoms with Gasteiger partial charge in [-0.05, 0) is 55.1 Å². The summed E-state index contributed by atoms with van der Waals surface area (Å²) in [5.41, 5.74) is 2.83. The first kappa shape index (κ1) is 18.2. The fraction of sp³-hybridized carbons (Fsp3) is 0.263. The Morgan fingerprint density at radius 3 is 2.81 bits per heavy atom. The molecule has 0 radical (unpaired) electrons. The minimum atomic E-state index is -3.46. The molecule has 0 fully saturated rings. The lowest BCUT2D eigenvalue weighted by molar-refractivity contribution is 0.585. The number of sulfonamides is 1. The zero-order chi connectivity index (χ0) is 19.0. The molecule has 0 spiro atoms. The summed E-state index contributed by atoms with van der Waals surface area (Å²) in [5, 5.41) is 1.02. The number of rotatable bonds is 4. The zero-order valence-electron chi connectivity index (χ0n) is 15.1. The molecule has 1 aliphatic rings. The molecule has 0 amide bonds. The van der Waals surface area contributed by atoms with Crippen molar-refractivity contribution in [3.05, 3.63) is 53.9 Å². The number of thioether (sulfide) groups is 1. The fourth-order valence-electron chi connectivity index (χ4n) is 3.52. The van der Waals surface area contributed by atoms with Gasteiger partial charge in [-0.3, -0.25) is 0 Å². The third kappa shape index (κ3) is 3.28. The molecule has 0 aliphatic carbocycles. The van der Waals surface area contributed by atoms with Crippen molar-refractivity contribution in [2.24, 2.45) is 0 Å². The van der Waals surface area contributed by atoms with Gasteiger partial charge in [-0.2, -0.15) is 0 Å². The molecule has 4 rings (SSSR count). The predicted molar refractivity (Wildman–Crippen MR) is 109 cm³/mol. The number of fused-ring (bicyclic) bond motifs is 2. The molecule has 2 heterocycles. The summed E-state index contributed by atoms with van der Waals surface area (Å²) in [4.78, 5) is 12.7. The Morgan fingerprint density at radius 2 is 2.04 bits per heavy atom. The van der Waals surface area contributed by atoms with E-state index in [4.69, 9.17) is 0 Å². The smallest absolute Gasteiger partial charge is 0.240 e. The van der Waals surface area contributed by atoms with Crippen molar-refractivity contribution in [1.29, 1.82) is 0 Å². The Labute approximate surface area is 163 Å². The Bertz CT molecular complexity index is 1120. The van der Waals surface area contributed by atoms with Gasteiger partial charge in [0.05, 0.1) is 10.4 Å². The van der Waals surface area contributed by atoms with E-state index in [0.717, 1.165) is 27.8 Å². The van der Waals surface area contributed by atoms with E-state index in [9.17, 15) is 8.42 Å². The molecule has 3 aromatic rings. The maximum Gasteiger partial charge on any atom is 0.240 e. The second kappa shape index (κ2) is 7.10. The molecular weight excluding hydrogens is 380 g/mol. The largest absolute Gasteiger partial charge is 0.351 e. The zero-order valence-corrected chi connectivity index (χ0v) is 16.8. The first-order valence-electron chi connectivity index (χ1n) is 8.61. The third-order valence-electron chi connectivity index (χ3n) is 4.90. The van der Waals surface area contributed by atoms with E-state index in [1.165, 1.54) is 11.9 Å². The van der Waals surface area contributed by atoms with E-state index in [1.807, 2.05) is 18.4 Å². The van der Waals surface area contributed by atoms with Crippen molar-refractivity contribution in [2.75, 3.05) is 24.7 Å². The first-order valence-corrected chi connectivity index (χ1v) is 11.3. The van der Waals surface area contributed by atoms with Crippen molar-refractivity contribution in [3.63, 3.8) is 0 Å². The summed E-state index contributed by atoms with van der Waals surface area (Å²) in [6.07, 6.45) is 4.29. The van der Waals surface area contributed by atoms with Crippen LogP contribution in [0.15, 0.2) is 52.5 Å². The average Bonchev–Trinajstić information content (AvgIpc) is 2.72. The van der Waals surface area contributed by atoms with Crippen molar-refractivity contribution in [2.45, 2.75) is 22.8 Å². The molecule has 8 heteroatoms. The van der Waals surface area contributed by atoms with Gasteiger partial charge in [0.1, 0.15) is 12.1 Å². The topological polar surface area (TPSA) is 75.2 Å². The van der Waals surface area contributed by atoms with E-state index >= 15 is 0 Å². The fourth-order valence-corrected chi connectivity index (χ4v) is 4.99. The van der Waals surface area contributed by atoms with Crippen molar-refractivity contribution in [3.8, 4) is 0 Å². The van der Waals surface area contributed by atoms with E-state index in [1.54, 1.807) is 30.2 Å². The van der Waals surface area contributed by atoms with Gasteiger partial charge in [0, 0.05) is 23.4 Å². The van der Waals surface area contributed by atoms with Gasteiger partial charge in [0.2, 0.25) is 10.0 Å². The van der Waals surface area contributed by atoms with Crippen LogP contribution in [0.3, 0.4) is 0 Å². The number of hydrogen-bond acceptors (Lipinski definition) is 6. The molecule has 1 aliphatic heterocycles. The third-order valence-corrected chi connectivity index (χ3v) is 7.13. The van der Waals surface area contributed by atoms with Gasteiger partial charge in [-0.15, -0.1) is 11.8 Å². The van der Waals surface area contributed by atoms with Gasteiger partial charge in [-0.1, -0.05) is 12.1 Å². The quantitative estimate of drug-likeness (QED) is 0.679. The molecule has 0 saturated heterocycles. The van der Waals surface area contributed by atoms with Crippen LogP contribution < -0.4 is 9.62 Å². The Morgan fingerprint density at radius 1 is 1.19 bits per heavy atom. The van der Waals surface area contributed by atoms with Crippen molar-refractivity contribution >= 4 is 38.5 Å². The SMILES string of the molecule is CNS(=O)(=O)c1cccc2c1CCN(c1ncnc3ccc(SC)cc13)C2. The van der Waals surface area contributed by atoms with Crippen LogP contribution in [0.5, 0.6) is 0 Å². The number of aromatic nitrogens is 2. The highest BCUT2D eigenvalue weighted by Gasteiger charge is 2.25. The van der Waals surface area contributed by atoms with E-state index in [2.05, 4.69) is 31.7 Å². The molecule has 0 unspecified atom stereocenters. The summed E-state index contributed by atoms with van der Waals surface area (Å²) in [7, 11) is -2.02. The summed E-state index contributed by atoms with van der Waals surface area (Å²) in [6.45, 7) is 1.33. The Kier molecular flexibility index (Phi) is 4.79. The van der Waals surface area contributed by atoms with Crippen molar-refractivity contribution < 1.29 is 8.42 Å². The highest BCUT2D eigenvalue weighted by atomic mass is 32.2. The standard InChI is InChI=1S/C19H20N4O2S2/c1-20-27(24,25)18-5-3-4-13-11-23(9-8-15(13)18)19-16-10-14(26-2)6-7-17(16)21-12-22-19/h3-7,10,12,20H,8-9,11H2,1-2H3. The lowest BCUT2D eigenvalue weighted by atomic mass is 9.99. The van der Waals surface area contributed by atoms with Gasteiger partial charge in [0.25, 0.3) is 0 Å². The van der Waals surface area contributed by atoms with Gasteiger partial charge < -0.3 is 4.90 Å². The maximum atomic E-state index is 12.3. The minimum Gasteiger partial charge on any atom is -0.351 e. The number of nitrogens with zero attached hydrogens (tertiary/aromatic N) is 3. The molecule has 1 N–H and O–H groups in total. The number of hydrogen-bond donors (Lipinski definition) is 1. The summed E-state index contributed by atoms with van der Waals surface area (Å²) >= 11 is 1.69. The second-order valence-corrected chi connectivity index (χ2v) is 9.09. The molecule has 27 heavy (non-hydrogen) atoms. The van der Waals surface area contributed by atoms with Crippen LogP contribution in [0.1, 0.15) is 11.1 Å². The van der Waals surface area contributed by atoms with Crippen LogP contribution >= 0.6 is 11.8 Å². The second-order valence-electron chi connectivity index (χ2n) is 6.35. The van der Waals surface area contributed by atoms with Crippen molar-refractivity contribution in [1.82, 2.24) is 14.7 Å². The van der Waals surface area contributed by atoms with Gasteiger partial charge >= 0.3 is 0 Å². The lowest BCUT2D eigenvalue weighted by Gasteiger charge is -2.31. The molecular formula is C19H20N4O2S2. The van der Waals surface area contributed by atoms with Gasteiger partial charge in [0.15, 0.2) is 0 Å². The number of nitrogens with one attached hydrogen (secondary N) is 1.